The molecule has 9 aromatic carbocycles. The van der Waals surface area contributed by atoms with Crippen molar-refractivity contribution in [1.29, 1.82) is 0 Å². The highest BCUT2D eigenvalue weighted by Gasteiger charge is 2.30. The molecule has 0 saturated carbocycles. The molecule has 4 heteroatoms. The summed E-state index contributed by atoms with van der Waals surface area (Å²) < 4.78 is 66.7. The number of rotatable bonds is 2. The predicted octanol–water partition coefficient (Wildman–Crippen LogP) is 17.4. The van der Waals surface area contributed by atoms with Gasteiger partial charge < -0.3 is 17.9 Å². The third-order valence-corrected chi connectivity index (χ3v) is 15.6. The van der Waals surface area contributed by atoms with E-state index >= 15 is 0 Å². The number of nitrogens with zero attached hydrogens (tertiary/aromatic N) is 4. The first-order chi connectivity index (χ1) is 35.3. The lowest BCUT2D eigenvalue weighted by atomic mass is 9.87. The Labute approximate surface area is 401 Å². The molecule has 6 aromatic heterocycles. The average molecular weight is 881 g/mol. The van der Waals surface area contributed by atoms with Crippen LogP contribution in [0.25, 0.3) is 131 Å². The van der Waals surface area contributed by atoms with Gasteiger partial charge in [0.05, 0.1) is 55.2 Å². The summed E-state index contributed by atoms with van der Waals surface area (Å²) in [5, 5.41) is 10.6. The van der Waals surface area contributed by atoms with E-state index in [4.69, 9.17) is 0 Å². The summed E-state index contributed by atoms with van der Waals surface area (Å²) in [7, 11) is 0. The monoisotopic (exact) mass is 880 g/mol. The minimum Gasteiger partial charge on any atom is -0.309 e. The second kappa shape index (κ2) is 12.6. The molecule has 68 heavy (non-hydrogen) atoms. The molecule has 0 unspecified atom stereocenters. The first kappa shape index (κ1) is 32.8. The Kier molecular flexibility index (Phi) is 6.07. The third kappa shape index (κ3) is 4.56. The van der Waals surface area contributed by atoms with Crippen LogP contribution >= 0.6 is 0 Å². The van der Waals surface area contributed by atoms with E-state index < -0.39 is 13.7 Å². The Balaban J connectivity index is 1.13. The maximum Gasteiger partial charge on any atom is 0.0641 e. The van der Waals surface area contributed by atoms with Crippen LogP contribution in [0.5, 0.6) is 0 Å². The van der Waals surface area contributed by atoms with Crippen molar-refractivity contribution in [2.24, 2.45) is 0 Å². The van der Waals surface area contributed by atoms with E-state index in [1.165, 1.54) is 11.1 Å². The lowest BCUT2D eigenvalue weighted by molar-refractivity contribution is 0.590. The fourth-order valence-electron chi connectivity index (χ4n) is 12.5. The highest BCUT2D eigenvalue weighted by atomic mass is 15.0. The van der Waals surface area contributed by atoms with Crippen LogP contribution in [0.1, 0.15) is 72.0 Å². The number of aryl methyl sites for hydroxylation is 2. The number of hydrogen-bond donors (Lipinski definition) is 0. The Morgan fingerprint density at radius 1 is 0.309 bits per heavy atom. The number of hydrogen-bond acceptors (Lipinski definition) is 0. The van der Waals surface area contributed by atoms with Gasteiger partial charge in [0.15, 0.2) is 0 Å². The van der Waals surface area contributed by atoms with E-state index in [1.807, 2.05) is 24.3 Å². The van der Waals surface area contributed by atoms with Crippen molar-refractivity contribution in [3.05, 3.63) is 180 Å². The van der Waals surface area contributed by atoms with Gasteiger partial charge in [-0.2, -0.15) is 0 Å². The number of benzene rings is 9. The van der Waals surface area contributed by atoms with Crippen LogP contribution in [-0.2, 0) is 10.8 Å². The van der Waals surface area contributed by atoms with Gasteiger partial charge in [-0.25, -0.2) is 0 Å². The molecule has 15 rings (SSSR count). The minimum atomic E-state index is -2.67. The van der Waals surface area contributed by atoms with Crippen molar-refractivity contribution in [2.45, 2.75) is 66.1 Å². The van der Waals surface area contributed by atoms with Gasteiger partial charge in [0.1, 0.15) is 0 Å². The van der Waals surface area contributed by atoms with Crippen LogP contribution in [0, 0.1) is 13.7 Å². The van der Waals surface area contributed by atoms with Gasteiger partial charge in [0, 0.05) is 84.2 Å². The molecule has 0 amide bonds. The van der Waals surface area contributed by atoms with Gasteiger partial charge in [0.2, 0.25) is 0 Å². The average Bonchev–Trinajstić information content (AvgIpc) is 4.20. The molecular formula is C64H50N4. The normalized spacial score (nSPS) is 15.0. The van der Waals surface area contributed by atoms with Crippen molar-refractivity contribution in [3.8, 4) is 11.4 Å². The molecule has 4 nitrogen and oxygen atoms in total. The van der Waals surface area contributed by atoms with Crippen molar-refractivity contribution in [1.82, 2.24) is 17.9 Å². The van der Waals surface area contributed by atoms with Crippen molar-refractivity contribution < 1.29 is 8.22 Å². The zero-order chi connectivity index (χ0) is 50.9. The molecule has 15 aromatic rings. The highest BCUT2D eigenvalue weighted by Crippen LogP contribution is 2.51. The van der Waals surface area contributed by atoms with Crippen LogP contribution in [0.3, 0.4) is 0 Å². The van der Waals surface area contributed by atoms with Crippen molar-refractivity contribution in [2.75, 3.05) is 0 Å². The summed E-state index contributed by atoms with van der Waals surface area (Å²) in [5.41, 5.74) is 13.1. The molecule has 0 aliphatic carbocycles. The highest BCUT2D eigenvalue weighted by molar-refractivity contribution is 6.36. The smallest absolute Gasteiger partial charge is 0.0641 e. The molecule has 0 atom stereocenters. The van der Waals surface area contributed by atoms with Crippen LogP contribution in [-0.4, -0.2) is 17.9 Å². The Bertz CT molecular complexity index is 4600. The van der Waals surface area contributed by atoms with Crippen LogP contribution < -0.4 is 0 Å². The molecule has 0 radical (unpaired) electrons. The van der Waals surface area contributed by atoms with E-state index in [-0.39, 0.29) is 22.0 Å². The number of aromatic nitrogens is 4. The minimum absolute atomic E-state index is 0.0244. The van der Waals surface area contributed by atoms with Crippen LogP contribution in [0.15, 0.2) is 158 Å². The Morgan fingerprint density at radius 3 is 1.06 bits per heavy atom. The first-order valence-electron chi connectivity index (χ1n) is 26.8. The fourth-order valence-corrected chi connectivity index (χ4v) is 12.5. The van der Waals surface area contributed by atoms with Gasteiger partial charge in [0.25, 0.3) is 0 Å². The number of para-hydroxylation sites is 4. The number of fused-ring (bicyclic) bond motifs is 20. The molecule has 0 aliphatic heterocycles. The van der Waals surface area contributed by atoms with E-state index in [2.05, 4.69) is 193 Å². The second-order valence-corrected chi connectivity index (χ2v) is 21.3. The summed E-state index contributed by atoms with van der Waals surface area (Å²) in [6.07, 6.45) is 0. The molecule has 0 spiro atoms. The maximum atomic E-state index is 9.63. The molecule has 0 fully saturated rings. The lowest BCUT2D eigenvalue weighted by Gasteiger charge is -2.19. The molecule has 0 N–H and O–H groups in total. The largest absolute Gasteiger partial charge is 0.309 e. The van der Waals surface area contributed by atoms with E-state index in [0.29, 0.717) is 32.6 Å². The zero-order valence-corrected chi connectivity index (χ0v) is 38.8. The Hall–Kier alpha value is -7.82. The van der Waals surface area contributed by atoms with Gasteiger partial charge in [-0.15, -0.1) is 0 Å². The maximum absolute atomic E-state index is 9.63. The van der Waals surface area contributed by atoms with E-state index in [1.54, 1.807) is 0 Å². The van der Waals surface area contributed by atoms with Crippen molar-refractivity contribution in [3.63, 3.8) is 0 Å². The topological polar surface area (TPSA) is 18.7 Å². The molecule has 6 heterocycles. The summed E-state index contributed by atoms with van der Waals surface area (Å²) in [6, 6.07) is 55.4. The SMILES string of the molecule is [2H]C([2H])([2H])c1c2c3cccc4c5c6c(ccc5n(c2c(C([2H])([2H])[2H])c2c5cccc7c8c9c(ccc8n(c12)c57)c1ccccc1n9-c1ccc(C(C)(C)C)cc1)c34)c1ccccc1n6-c1ccc(C(C)(C)C)cc1. The predicted molar refractivity (Wildman–Crippen MR) is 291 cm³/mol. The van der Waals surface area contributed by atoms with Gasteiger partial charge in [-0.05, 0) is 95.3 Å². The molecule has 326 valence electrons. The fraction of sp³-hybridized carbons (Fsp3) is 0.156. The second-order valence-electron chi connectivity index (χ2n) is 21.3. The van der Waals surface area contributed by atoms with Gasteiger partial charge in [-0.3, -0.25) is 0 Å². The first-order valence-corrected chi connectivity index (χ1v) is 23.8. The van der Waals surface area contributed by atoms with Crippen molar-refractivity contribution >= 4 is 120 Å². The molecular weight excluding hydrogens is 825 g/mol. The van der Waals surface area contributed by atoms with Gasteiger partial charge in [-0.1, -0.05) is 151 Å². The third-order valence-electron chi connectivity index (χ3n) is 15.6. The van der Waals surface area contributed by atoms with E-state index in [9.17, 15) is 8.22 Å². The quantitative estimate of drug-likeness (QED) is 0.165. The lowest BCUT2D eigenvalue weighted by Crippen LogP contribution is -2.10. The summed E-state index contributed by atoms with van der Waals surface area (Å²) in [6.45, 7) is 8.01. The zero-order valence-electron chi connectivity index (χ0n) is 44.8. The molecule has 0 saturated heterocycles. The molecule has 0 aliphatic rings. The summed E-state index contributed by atoms with van der Waals surface area (Å²) in [4.78, 5) is 0. The Morgan fingerprint density at radius 2 is 0.676 bits per heavy atom. The van der Waals surface area contributed by atoms with E-state index in [0.717, 1.165) is 98.6 Å². The van der Waals surface area contributed by atoms with Crippen LogP contribution in [0.2, 0.25) is 0 Å². The summed E-state index contributed by atoms with van der Waals surface area (Å²) in [5.74, 6) is 0. The van der Waals surface area contributed by atoms with Crippen LogP contribution in [0.4, 0.5) is 0 Å². The summed E-state index contributed by atoms with van der Waals surface area (Å²) >= 11 is 0. The standard InChI is InChI=1S/C64H50N4/c1-35-53-45-17-13-19-47-56-52(34-32-44-42-16-10-12-22-50(42)66(62(44)56)40-29-25-38(26-30-40)64(6,7)8)68(59(45)47)58(53)36(2)54-46-18-14-20-48-55-51(67(57(35)54)60(46)48)33-31-43-41-15-9-11-21-49(41)65(61(43)55)39-27-23-37(24-28-39)63(3,4)5/h9-34H,1-8H3/i1D3,2D3. The molecule has 0 bridgehead atoms. The van der Waals surface area contributed by atoms with Gasteiger partial charge >= 0.3 is 0 Å².